The van der Waals surface area contributed by atoms with E-state index in [0.717, 1.165) is 46.5 Å². The minimum atomic E-state index is -0.0563. The SMILES string of the molecule is CC1C=C2C3=C(C1)N(c1cccc4c1OCCO4)c1c(ccc4c1OCCO4)B3c1ccc(-c3ccc(C(C)(C)C)cc3)cc1N2c1cccc(-c2ccc(C(C)(C)C)cc2)c1. The molecule has 0 bridgehead atoms. The van der Waals surface area contributed by atoms with E-state index < -0.39 is 0 Å². The smallest absolute Gasteiger partial charge is 0.251 e. The van der Waals surface area contributed by atoms with E-state index in [-0.39, 0.29) is 23.5 Å². The number of allylic oxidation sites excluding steroid dienone is 3. The van der Waals surface area contributed by atoms with Crippen LogP contribution in [0.5, 0.6) is 23.0 Å². The maximum Gasteiger partial charge on any atom is 0.251 e. The fourth-order valence-electron chi connectivity index (χ4n) is 10.1. The lowest BCUT2D eigenvalue weighted by Crippen LogP contribution is -2.57. The van der Waals surface area contributed by atoms with Crippen LogP contribution in [0.15, 0.2) is 144 Å². The summed E-state index contributed by atoms with van der Waals surface area (Å²) in [5.74, 6) is 3.30. The molecule has 7 heteroatoms. The second-order valence-corrected chi connectivity index (χ2v) is 19.5. The first-order valence-electron chi connectivity index (χ1n) is 22.2. The minimum absolute atomic E-state index is 0.0563. The number of benzene rings is 6. The lowest BCUT2D eigenvalue weighted by Gasteiger charge is -2.49. The van der Waals surface area contributed by atoms with E-state index in [4.69, 9.17) is 18.9 Å². The van der Waals surface area contributed by atoms with Gasteiger partial charge in [0.2, 0.25) is 0 Å². The van der Waals surface area contributed by atoms with E-state index in [1.807, 2.05) is 6.07 Å². The molecular weight excluding hydrogens is 763 g/mol. The molecule has 1 aliphatic carbocycles. The Bertz CT molecular complexity index is 2830. The van der Waals surface area contributed by atoms with Gasteiger partial charge >= 0.3 is 0 Å². The molecule has 1 atom stereocenters. The quantitative estimate of drug-likeness (QED) is 0.165. The molecule has 4 heterocycles. The predicted molar refractivity (Wildman–Crippen MR) is 254 cm³/mol. The highest BCUT2D eigenvalue weighted by Crippen LogP contribution is 2.55. The van der Waals surface area contributed by atoms with Gasteiger partial charge in [-0.3, -0.25) is 0 Å². The highest BCUT2D eigenvalue weighted by Gasteiger charge is 2.49. The van der Waals surface area contributed by atoms with Crippen molar-refractivity contribution in [2.75, 3.05) is 36.2 Å². The Morgan fingerprint density at radius 2 is 1.11 bits per heavy atom. The summed E-state index contributed by atoms with van der Waals surface area (Å²) in [6.45, 7) is 17.9. The molecule has 11 rings (SSSR count). The zero-order valence-corrected chi connectivity index (χ0v) is 36.8. The van der Waals surface area contributed by atoms with E-state index in [9.17, 15) is 0 Å². The monoisotopic (exact) mass is 816 g/mol. The number of ether oxygens (including phenoxy) is 4. The highest BCUT2D eigenvalue weighted by molar-refractivity contribution is 6.95. The van der Waals surface area contributed by atoms with Crippen LogP contribution in [0, 0.1) is 5.92 Å². The number of hydrogen-bond acceptors (Lipinski definition) is 6. The molecule has 0 saturated carbocycles. The largest absolute Gasteiger partial charge is 0.486 e. The van der Waals surface area contributed by atoms with Crippen LogP contribution in [-0.2, 0) is 10.8 Å². The normalized spacial score (nSPS) is 17.6. The molecule has 0 radical (unpaired) electrons. The number of hydrogen-bond donors (Lipinski definition) is 0. The molecule has 0 N–H and O–H groups in total. The first-order valence-corrected chi connectivity index (χ1v) is 22.2. The van der Waals surface area contributed by atoms with Crippen molar-refractivity contribution in [3.8, 4) is 45.3 Å². The summed E-state index contributed by atoms with van der Waals surface area (Å²) in [4.78, 5) is 4.96. The summed E-state index contributed by atoms with van der Waals surface area (Å²) >= 11 is 0. The van der Waals surface area contributed by atoms with Gasteiger partial charge in [-0.2, -0.15) is 0 Å². The summed E-state index contributed by atoms with van der Waals surface area (Å²) in [5.41, 5.74) is 18.1. The van der Waals surface area contributed by atoms with Gasteiger partial charge in [0, 0.05) is 22.8 Å². The average molecular weight is 817 g/mol. The Morgan fingerprint density at radius 3 is 1.79 bits per heavy atom. The van der Waals surface area contributed by atoms with Gasteiger partial charge in [-0.05, 0) is 109 Å². The number of fused-ring (bicyclic) bond motifs is 7. The molecule has 5 aliphatic rings. The van der Waals surface area contributed by atoms with E-state index in [0.29, 0.717) is 26.4 Å². The van der Waals surface area contributed by atoms with Crippen molar-refractivity contribution in [2.24, 2.45) is 5.92 Å². The highest BCUT2D eigenvalue weighted by atomic mass is 16.6. The standard InChI is InChI=1S/C55H53BN2O4/c1-34-30-46-50-47(31-34)58(44-12-9-13-48-52(44)61-28-26-59-48)51-43(24-25-49-53(51)62-29-27-60-49)56(50)42-23-18-38(36-16-21-40(22-17-36)55(5,6)7)33-45(42)57(46)41-11-8-10-37(32-41)35-14-19-39(20-15-35)54(2,3)4/h8-25,30,32-34H,26-29,31H2,1-7H3. The van der Waals surface area contributed by atoms with Crippen molar-refractivity contribution >= 4 is 40.4 Å². The van der Waals surface area contributed by atoms with Gasteiger partial charge in [0.25, 0.3) is 6.71 Å². The summed E-state index contributed by atoms with van der Waals surface area (Å²) < 4.78 is 25.7. The van der Waals surface area contributed by atoms with Crippen LogP contribution in [0.25, 0.3) is 22.3 Å². The fourth-order valence-corrected chi connectivity index (χ4v) is 10.1. The van der Waals surface area contributed by atoms with Gasteiger partial charge < -0.3 is 28.7 Å². The number of nitrogens with zero attached hydrogens (tertiary/aromatic N) is 2. The van der Waals surface area contributed by atoms with E-state index in [1.54, 1.807) is 0 Å². The van der Waals surface area contributed by atoms with Crippen LogP contribution in [0.3, 0.4) is 0 Å². The molecule has 310 valence electrons. The summed E-state index contributed by atoms with van der Waals surface area (Å²) in [6, 6.07) is 45.1. The van der Waals surface area contributed by atoms with Crippen LogP contribution < -0.4 is 39.7 Å². The molecule has 62 heavy (non-hydrogen) atoms. The van der Waals surface area contributed by atoms with Crippen LogP contribution in [-0.4, -0.2) is 33.1 Å². The second kappa shape index (κ2) is 14.4. The van der Waals surface area contributed by atoms with Gasteiger partial charge in [0.05, 0.1) is 11.4 Å². The maximum atomic E-state index is 6.65. The second-order valence-electron chi connectivity index (χ2n) is 19.5. The molecule has 6 nitrogen and oxygen atoms in total. The molecule has 1 unspecified atom stereocenters. The van der Waals surface area contributed by atoms with Gasteiger partial charge in [0.15, 0.2) is 23.0 Å². The Kier molecular flexibility index (Phi) is 8.94. The molecule has 6 aromatic rings. The van der Waals surface area contributed by atoms with Crippen LogP contribution >= 0.6 is 0 Å². The first-order chi connectivity index (χ1) is 29.9. The third-order valence-corrected chi connectivity index (χ3v) is 13.2. The Morgan fingerprint density at radius 1 is 0.532 bits per heavy atom. The maximum absolute atomic E-state index is 6.65. The van der Waals surface area contributed by atoms with E-state index >= 15 is 0 Å². The molecule has 4 aliphatic heterocycles. The molecular formula is C55H53BN2O4. The molecule has 0 saturated heterocycles. The molecule has 0 amide bonds. The molecule has 0 aromatic heterocycles. The minimum Gasteiger partial charge on any atom is -0.486 e. The lowest BCUT2D eigenvalue weighted by atomic mass is 9.32. The van der Waals surface area contributed by atoms with Crippen molar-refractivity contribution in [2.45, 2.75) is 65.7 Å². The third kappa shape index (κ3) is 6.30. The third-order valence-electron chi connectivity index (χ3n) is 13.2. The van der Waals surface area contributed by atoms with Crippen LogP contribution in [0.1, 0.15) is 66.0 Å². The van der Waals surface area contributed by atoms with Crippen molar-refractivity contribution < 1.29 is 18.9 Å². The van der Waals surface area contributed by atoms with Gasteiger partial charge in [-0.1, -0.05) is 139 Å². The molecule has 6 aromatic carbocycles. The van der Waals surface area contributed by atoms with Crippen molar-refractivity contribution in [1.29, 1.82) is 0 Å². The molecule has 0 spiro atoms. The van der Waals surface area contributed by atoms with Crippen molar-refractivity contribution in [3.05, 3.63) is 155 Å². The van der Waals surface area contributed by atoms with Gasteiger partial charge in [0.1, 0.15) is 26.4 Å². The number of anilines is 4. The van der Waals surface area contributed by atoms with E-state index in [1.165, 1.54) is 66.9 Å². The molecule has 0 fully saturated rings. The lowest BCUT2D eigenvalue weighted by molar-refractivity contribution is 0.171. The van der Waals surface area contributed by atoms with Gasteiger partial charge in [-0.25, -0.2) is 0 Å². The summed E-state index contributed by atoms with van der Waals surface area (Å²) in [5, 5.41) is 0. The Hall–Kier alpha value is -6.34. The Balaban J connectivity index is 1.16. The Labute approximate surface area is 366 Å². The number of para-hydroxylation sites is 1. The predicted octanol–water partition coefficient (Wildman–Crippen LogP) is 11.8. The van der Waals surface area contributed by atoms with Crippen LogP contribution in [0.4, 0.5) is 22.7 Å². The topological polar surface area (TPSA) is 43.4 Å². The van der Waals surface area contributed by atoms with Crippen LogP contribution in [0.2, 0.25) is 0 Å². The van der Waals surface area contributed by atoms with Crippen molar-refractivity contribution in [1.82, 2.24) is 0 Å². The summed E-state index contributed by atoms with van der Waals surface area (Å²) in [6.07, 6.45) is 3.34. The zero-order chi connectivity index (χ0) is 42.5. The summed E-state index contributed by atoms with van der Waals surface area (Å²) in [7, 11) is 0. The first kappa shape index (κ1) is 38.6. The zero-order valence-electron chi connectivity index (χ0n) is 36.8. The number of rotatable bonds is 4. The van der Waals surface area contributed by atoms with E-state index in [2.05, 4.69) is 180 Å². The van der Waals surface area contributed by atoms with Crippen molar-refractivity contribution in [3.63, 3.8) is 0 Å². The van der Waals surface area contributed by atoms with Gasteiger partial charge in [-0.15, -0.1) is 0 Å². The average Bonchev–Trinajstić information content (AvgIpc) is 3.28. The fraction of sp³-hybridized carbons (Fsp3) is 0.273.